The first-order chi connectivity index (χ1) is 12.3. The van der Waals surface area contributed by atoms with E-state index in [0.717, 1.165) is 6.42 Å². The summed E-state index contributed by atoms with van der Waals surface area (Å²) in [5.74, 6) is 0. The zero-order chi connectivity index (χ0) is 19.7. The Morgan fingerprint density at radius 2 is 0.962 bits per heavy atom. The van der Waals surface area contributed by atoms with E-state index in [1.807, 2.05) is 20.8 Å². The third-order valence-electron chi connectivity index (χ3n) is 5.32. The van der Waals surface area contributed by atoms with Gasteiger partial charge in [-0.3, -0.25) is 6.66 Å². The van der Waals surface area contributed by atoms with Gasteiger partial charge in [0.1, 0.15) is 0 Å². The van der Waals surface area contributed by atoms with Crippen molar-refractivity contribution in [2.24, 2.45) is 0 Å². The Kier molecular flexibility index (Phi) is 16.3. The number of unbranched alkanes of at least 4 members (excludes halogenated alkanes) is 15. The molecule has 0 fully saturated rings. The molecule has 26 heavy (non-hydrogen) atoms. The van der Waals surface area contributed by atoms with Gasteiger partial charge in [-0.2, -0.15) is 0 Å². The van der Waals surface area contributed by atoms with E-state index in [-0.39, 0.29) is 5.16 Å². The van der Waals surface area contributed by atoms with Crippen LogP contribution in [0, 0.1) is 6.66 Å². The van der Waals surface area contributed by atoms with Gasteiger partial charge in [0.25, 0.3) is 0 Å². The quantitative estimate of drug-likeness (QED) is 0.133. The van der Waals surface area contributed by atoms with Crippen molar-refractivity contribution in [1.82, 2.24) is 0 Å². The van der Waals surface area contributed by atoms with Gasteiger partial charge in [0.15, 0.2) is 0 Å². The molecule has 0 aliphatic rings. The van der Waals surface area contributed by atoms with Crippen LogP contribution in [0.2, 0.25) is 0 Å². The van der Waals surface area contributed by atoms with E-state index in [1.54, 1.807) is 0 Å². The van der Waals surface area contributed by atoms with Crippen LogP contribution in [0.1, 0.15) is 130 Å². The molecule has 0 amide bonds. The molecule has 158 valence electrons. The minimum Gasteiger partial charge on any atom is -0.352 e. The molecule has 0 aliphatic carbocycles. The Bertz CT molecular complexity index is 347. The second-order valence-electron chi connectivity index (χ2n) is 8.98. The van der Waals surface area contributed by atoms with E-state index in [2.05, 4.69) is 13.6 Å². The smallest absolute Gasteiger partial charge is 0.0704 e. The van der Waals surface area contributed by atoms with Crippen LogP contribution in [0.25, 0.3) is 0 Å². The van der Waals surface area contributed by atoms with Crippen LogP contribution in [-0.4, -0.2) is 11.8 Å². The normalized spacial score (nSPS) is 14.5. The highest BCUT2D eigenvalue weighted by Crippen LogP contribution is 2.57. The fraction of sp³-hybridized carbons (Fsp3) is 0.957. The lowest BCUT2D eigenvalue weighted by molar-refractivity contribution is 0.294. The summed E-state index contributed by atoms with van der Waals surface area (Å²) in [6, 6.07) is 0. The van der Waals surface area contributed by atoms with Crippen molar-refractivity contribution in [3.63, 3.8) is 0 Å². The first kappa shape index (κ1) is 26.2. The zero-order valence-electron chi connectivity index (χ0n) is 18.5. The Balaban J connectivity index is 3.22. The van der Waals surface area contributed by atoms with Gasteiger partial charge in [0, 0.05) is 5.16 Å². The highest BCUT2D eigenvalue weighted by atomic mass is 31.2. The summed E-state index contributed by atoms with van der Waals surface area (Å²) in [6.45, 7) is 12.5. The molecule has 2 nitrogen and oxygen atoms in total. The average Bonchev–Trinajstić information content (AvgIpc) is 2.56. The van der Waals surface area contributed by atoms with Gasteiger partial charge in [-0.1, -0.05) is 124 Å². The van der Waals surface area contributed by atoms with Gasteiger partial charge in [0.05, 0.1) is 14.0 Å². The summed E-state index contributed by atoms with van der Waals surface area (Å²) in [7, 11) is -2.72. The van der Waals surface area contributed by atoms with Crippen LogP contribution in [0.5, 0.6) is 0 Å². The highest BCUT2D eigenvalue weighted by Gasteiger charge is 2.25. The lowest BCUT2D eigenvalue weighted by atomic mass is 10.0. The molecule has 1 atom stereocenters. The zero-order valence-corrected chi connectivity index (χ0v) is 19.4. The van der Waals surface area contributed by atoms with Gasteiger partial charge in [0.2, 0.25) is 0 Å². The van der Waals surface area contributed by atoms with E-state index in [0.29, 0.717) is 6.61 Å². The van der Waals surface area contributed by atoms with Crippen molar-refractivity contribution in [2.45, 2.75) is 136 Å². The molecule has 0 heterocycles. The molecule has 0 spiro atoms. The van der Waals surface area contributed by atoms with Crippen LogP contribution >= 0.6 is 7.37 Å². The molecule has 0 rings (SSSR count). The molecule has 0 saturated heterocycles. The summed E-state index contributed by atoms with van der Waals surface area (Å²) in [5, 5.41) is -0.345. The van der Waals surface area contributed by atoms with Gasteiger partial charge in [-0.05, 0) is 6.42 Å². The fourth-order valence-electron chi connectivity index (χ4n) is 3.06. The third kappa shape index (κ3) is 15.3. The van der Waals surface area contributed by atoms with E-state index < -0.39 is 7.37 Å². The molecular weight excluding hydrogens is 339 g/mol. The monoisotopic (exact) mass is 387 g/mol. The molecule has 0 aromatic rings. The first-order valence-electron chi connectivity index (χ1n) is 11.4. The maximum atomic E-state index is 12.3. The van der Waals surface area contributed by atoms with Gasteiger partial charge < -0.3 is 9.09 Å². The number of hydrogen-bond acceptors (Lipinski definition) is 2. The average molecular weight is 388 g/mol. The minimum atomic E-state index is -2.72. The number of hydrogen-bond donors (Lipinski definition) is 0. The lowest BCUT2D eigenvalue weighted by Gasteiger charge is -2.33. The van der Waals surface area contributed by atoms with E-state index in [9.17, 15) is 4.57 Å². The van der Waals surface area contributed by atoms with Gasteiger partial charge in [-0.25, -0.2) is 0 Å². The Hall–Kier alpha value is 0.190. The molecular formula is C23H48O2P-. The summed E-state index contributed by atoms with van der Waals surface area (Å²) in [6.07, 6.45) is 21.8. The first-order valence-corrected chi connectivity index (χ1v) is 13.2. The van der Waals surface area contributed by atoms with Crippen molar-refractivity contribution in [1.29, 1.82) is 0 Å². The minimum absolute atomic E-state index is 0.345. The predicted octanol–water partition coefficient (Wildman–Crippen LogP) is 9.13. The number of rotatable bonds is 18. The molecule has 0 saturated carbocycles. The molecule has 0 aromatic heterocycles. The lowest BCUT2D eigenvalue weighted by Crippen LogP contribution is -2.15. The molecule has 3 heteroatoms. The van der Waals surface area contributed by atoms with Gasteiger partial charge in [-0.15, -0.1) is 0 Å². The van der Waals surface area contributed by atoms with Crippen molar-refractivity contribution in [3.8, 4) is 0 Å². The van der Waals surface area contributed by atoms with Crippen LogP contribution in [0.15, 0.2) is 0 Å². The van der Waals surface area contributed by atoms with Crippen molar-refractivity contribution >= 4 is 7.37 Å². The van der Waals surface area contributed by atoms with E-state index in [1.165, 1.54) is 96.3 Å². The van der Waals surface area contributed by atoms with Crippen LogP contribution < -0.4 is 0 Å². The fourth-order valence-corrected chi connectivity index (χ4v) is 3.87. The van der Waals surface area contributed by atoms with Crippen LogP contribution in [-0.2, 0) is 9.09 Å². The molecule has 0 radical (unpaired) electrons. The second-order valence-corrected chi connectivity index (χ2v) is 11.9. The van der Waals surface area contributed by atoms with Crippen molar-refractivity contribution < 1.29 is 9.09 Å². The molecule has 0 bridgehead atoms. The van der Waals surface area contributed by atoms with E-state index in [4.69, 9.17) is 4.52 Å². The predicted molar refractivity (Wildman–Crippen MR) is 118 cm³/mol. The molecule has 1 unspecified atom stereocenters. The van der Waals surface area contributed by atoms with Crippen molar-refractivity contribution in [2.75, 3.05) is 6.61 Å². The van der Waals surface area contributed by atoms with Gasteiger partial charge >= 0.3 is 0 Å². The van der Waals surface area contributed by atoms with Crippen LogP contribution in [0.3, 0.4) is 0 Å². The summed E-state index contributed by atoms with van der Waals surface area (Å²) < 4.78 is 17.8. The van der Waals surface area contributed by atoms with Crippen molar-refractivity contribution in [3.05, 3.63) is 6.66 Å². The molecule has 0 N–H and O–H groups in total. The Morgan fingerprint density at radius 3 is 1.27 bits per heavy atom. The largest absolute Gasteiger partial charge is 0.352 e. The summed E-state index contributed by atoms with van der Waals surface area (Å²) >= 11 is 0. The van der Waals surface area contributed by atoms with E-state index >= 15 is 0 Å². The SMILES string of the molecule is [CH2-]P(=O)(OCCCCCCCCCCCCCCCCCC)C(C)(C)C. The standard InChI is InChI=1S/C23H48O2P/c1-6-7-8-9-10-11-12-13-14-15-16-17-18-19-20-21-22-25-26(5,24)23(2,3)4/h5-22H2,1-4H3/q-1. The Morgan fingerprint density at radius 1 is 0.654 bits per heavy atom. The topological polar surface area (TPSA) is 26.3 Å². The highest BCUT2D eigenvalue weighted by molar-refractivity contribution is 7.61. The summed E-state index contributed by atoms with van der Waals surface area (Å²) in [4.78, 5) is 0. The maximum Gasteiger partial charge on any atom is 0.0704 e. The maximum absolute atomic E-state index is 12.3. The third-order valence-corrected chi connectivity index (χ3v) is 7.96. The second kappa shape index (κ2) is 16.2. The van der Waals surface area contributed by atoms with Crippen LogP contribution in [0.4, 0.5) is 0 Å². The summed E-state index contributed by atoms with van der Waals surface area (Å²) in [5.41, 5.74) is 0. The Labute approximate surface area is 165 Å². The molecule has 0 aromatic carbocycles. The molecule has 0 aliphatic heterocycles.